The molecule has 0 fully saturated rings. The Hall–Kier alpha value is -1.22. The summed E-state index contributed by atoms with van der Waals surface area (Å²) in [5.41, 5.74) is -0.175. The molecule has 0 unspecified atom stereocenters. The van der Waals surface area contributed by atoms with Crippen LogP contribution in [0.15, 0.2) is 22.7 Å². The molecule has 0 radical (unpaired) electrons. The van der Waals surface area contributed by atoms with E-state index in [1.807, 2.05) is 0 Å². The van der Waals surface area contributed by atoms with Crippen molar-refractivity contribution in [3.8, 4) is 5.75 Å². The molecule has 6 heteroatoms. The third-order valence-corrected chi connectivity index (χ3v) is 1.76. The Morgan fingerprint density at radius 1 is 1.36 bits per heavy atom. The lowest BCUT2D eigenvalue weighted by Gasteiger charge is -2.10. The number of benzene rings is 1. The summed E-state index contributed by atoms with van der Waals surface area (Å²) >= 11 is 2.98. The zero-order valence-electron chi connectivity index (χ0n) is 6.60. The predicted molar refractivity (Wildman–Crippen MR) is 47.1 cm³/mol. The highest BCUT2D eigenvalue weighted by Crippen LogP contribution is 2.34. The first-order valence-corrected chi connectivity index (χ1v) is 4.14. The second-order valence-electron chi connectivity index (χ2n) is 2.27. The molecule has 0 bridgehead atoms. The fourth-order valence-electron chi connectivity index (χ4n) is 0.787. The van der Waals surface area contributed by atoms with E-state index in [0.29, 0.717) is 4.47 Å². The van der Waals surface area contributed by atoms with E-state index < -0.39 is 12.1 Å². The summed E-state index contributed by atoms with van der Waals surface area (Å²) in [6.45, 7) is 6.63. The Bertz CT molecular complexity index is 383. The van der Waals surface area contributed by atoms with Gasteiger partial charge in [-0.2, -0.15) is 0 Å². The van der Waals surface area contributed by atoms with Crippen molar-refractivity contribution >= 4 is 21.6 Å². The summed E-state index contributed by atoms with van der Waals surface area (Å²) < 4.78 is 39.6. The first-order chi connectivity index (χ1) is 6.42. The Labute approximate surface area is 86.2 Å². The van der Waals surface area contributed by atoms with Gasteiger partial charge in [0.2, 0.25) is 5.69 Å². The van der Waals surface area contributed by atoms with Gasteiger partial charge in [-0.1, -0.05) is 28.1 Å². The largest absolute Gasteiger partial charge is 0.571 e. The van der Waals surface area contributed by atoms with Gasteiger partial charge in [0, 0.05) is 4.47 Å². The van der Waals surface area contributed by atoms with E-state index in [1.54, 1.807) is 0 Å². The lowest BCUT2D eigenvalue weighted by atomic mass is 10.3. The summed E-state index contributed by atoms with van der Waals surface area (Å²) in [5.74, 6) is -0.498. The van der Waals surface area contributed by atoms with Crippen molar-refractivity contribution in [1.29, 1.82) is 0 Å². The van der Waals surface area contributed by atoms with Gasteiger partial charge in [0.1, 0.15) is 5.75 Å². The minimum Gasteiger partial charge on any atom is -0.418 e. The maximum absolute atomic E-state index is 11.8. The highest BCUT2D eigenvalue weighted by Gasteiger charge is 2.32. The van der Waals surface area contributed by atoms with Crippen molar-refractivity contribution in [3.05, 3.63) is 34.1 Å². The fraction of sp³-hybridized carbons (Fsp3) is 0.125. The average molecular weight is 266 g/mol. The lowest BCUT2D eigenvalue weighted by Crippen LogP contribution is -2.17. The molecule has 0 spiro atoms. The zero-order valence-corrected chi connectivity index (χ0v) is 8.19. The molecule has 0 N–H and O–H groups in total. The summed E-state index contributed by atoms with van der Waals surface area (Å²) in [4.78, 5) is 2.90. The number of halogens is 4. The van der Waals surface area contributed by atoms with Gasteiger partial charge in [0.05, 0.1) is 6.57 Å². The molecule has 2 nitrogen and oxygen atoms in total. The van der Waals surface area contributed by atoms with Gasteiger partial charge in [-0.25, -0.2) is 4.85 Å². The standard InChI is InChI=1S/C8H3BrF3NO/c1-13-6-3-2-5(9)4-7(6)14-8(10,11)12/h2-4H. The van der Waals surface area contributed by atoms with Crippen molar-refractivity contribution in [3.63, 3.8) is 0 Å². The van der Waals surface area contributed by atoms with Gasteiger partial charge < -0.3 is 4.74 Å². The molecule has 0 aliphatic carbocycles. The molecule has 0 atom stereocenters. The van der Waals surface area contributed by atoms with E-state index in [2.05, 4.69) is 25.5 Å². The summed E-state index contributed by atoms with van der Waals surface area (Å²) in [6.07, 6.45) is -4.78. The molecule has 14 heavy (non-hydrogen) atoms. The molecule has 1 aromatic rings. The first-order valence-electron chi connectivity index (χ1n) is 3.35. The predicted octanol–water partition coefficient (Wildman–Crippen LogP) is 3.90. The van der Waals surface area contributed by atoms with Crippen LogP contribution in [0, 0.1) is 6.57 Å². The van der Waals surface area contributed by atoms with Crippen molar-refractivity contribution in [2.45, 2.75) is 6.36 Å². The molecule has 1 aromatic carbocycles. The van der Waals surface area contributed by atoms with Crippen LogP contribution < -0.4 is 4.74 Å². The molecule has 0 aromatic heterocycles. The lowest BCUT2D eigenvalue weighted by molar-refractivity contribution is -0.274. The van der Waals surface area contributed by atoms with Gasteiger partial charge in [-0.3, -0.25) is 0 Å². The smallest absolute Gasteiger partial charge is 0.418 e. The number of ether oxygens (including phenoxy) is 1. The van der Waals surface area contributed by atoms with Gasteiger partial charge in [0.15, 0.2) is 0 Å². The van der Waals surface area contributed by atoms with Crippen LogP contribution in [0.5, 0.6) is 5.75 Å². The number of hydrogen-bond acceptors (Lipinski definition) is 1. The quantitative estimate of drug-likeness (QED) is 0.703. The van der Waals surface area contributed by atoms with E-state index in [9.17, 15) is 13.2 Å². The fourth-order valence-corrected chi connectivity index (χ4v) is 1.13. The number of alkyl halides is 3. The van der Waals surface area contributed by atoms with Crippen LogP contribution in [0.4, 0.5) is 18.9 Å². The number of nitrogens with zero attached hydrogens (tertiary/aromatic N) is 1. The van der Waals surface area contributed by atoms with E-state index in [4.69, 9.17) is 6.57 Å². The van der Waals surface area contributed by atoms with Crippen LogP contribution in [-0.4, -0.2) is 6.36 Å². The summed E-state index contributed by atoms with van der Waals surface area (Å²) in [7, 11) is 0. The molecule has 0 aliphatic rings. The van der Waals surface area contributed by atoms with Crippen molar-refractivity contribution in [2.75, 3.05) is 0 Å². The monoisotopic (exact) mass is 265 g/mol. The molecule has 0 aliphatic heterocycles. The third kappa shape index (κ3) is 2.92. The molecule has 1 rings (SSSR count). The van der Waals surface area contributed by atoms with E-state index >= 15 is 0 Å². The molecule has 0 amide bonds. The van der Waals surface area contributed by atoms with Crippen LogP contribution in [-0.2, 0) is 0 Å². The summed E-state index contributed by atoms with van der Waals surface area (Å²) in [5, 5.41) is 0. The molecular weight excluding hydrogens is 263 g/mol. The van der Waals surface area contributed by atoms with Crippen molar-refractivity contribution in [2.24, 2.45) is 0 Å². The highest BCUT2D eigenvalue weighted by atomic mass is 79.9. The molecule has 0 saturated heterocycles. The van der Waals surface area contributed by atoms with Gasteiger partial charge in [0.25, 0.3) is 0 Å². The Morgan fingerprint density at radius 2 is 2.00 bits per heavy atom. The van der Waals surface area contributed by atoms with Crippen LogP contribution in [0.3, 0.4) is 0 Å². The number of rotatable bonds is 1. The maximum atomic E-state index is 11.8. The molecule has 74 valence electrons. The van der Waals surface area contributed by atoms with E-state index in [0.717, 1.165) is 6.07 Å². The van der Waals surface area contributed by atoms with E-state index in [-0.39, 0.29) is 5.69 Å². The Balaban J connectivity index is 3.07. The zero-order chi connectivity index (χ0) is 10.8. The van der Waals surface area contributed by atoms with Crippen molar-refractivity contribution in [1.82, 2.24) is 0 Å². The van der Waals surface area contributed by atoms with E-state index in [1.165, 1.54) is 12.1 Å². The first kappa shape index (κ1) is 10.9. The Morgan fingerprint density at radius 3 is 2.50 bits per heavy atom. The van der Waals surface area contributed by atoms with Gasteiger partial charge in [-0.05, 0) is 6.07 Å². The maximum Gasteiger partial charge on any atom is 0.571 e. The second-order valence-corrected chi connectivity index (χ2v) is 3.19. The summed E-state index contributed by atoms with van der Waals surface area (Å²) in [6, 6.07) is 3.82. The minimum atomic E-state index is -4.78. The molecular formula is C8H3BrF3NO. The SMILES string of the molecule is [C-]#[N+]c1ccc(Br)cc1OC(F)(F)F. The minimum absolute atomic E-state index is 0.175. The van der Waals surface area contributed by atoms with Crippen LogP contribution >= 0.6 is 15.9 Å². The van der Waals surface area contributed by atoms with Crippen LogP contribution in [0.1, 0.15) is 0 Å². The normalized spacial score (nSPS) is 10.8. The third-order valence-electron chi connectivity index (χ3n) is 1.27. The van der Waals surface area contributed by atoms with Crippen molar-refractivity contribution < 1.29 is 17.9 Å². The molecule has 0 saturated carbocycles. The highest BCUT2D eigenvalue weighted by molar-refractivity contribution is 9.10. The molecule has 0 heterocycles. The Kier molecular flexibility index (Phi) is 3.01. The number of hydrogen-bond donors (Lipinski definition) is 0. The van der Waals surface area contributed by atoms with Crippen LogP contribution in [0.2, 0.25) is 0 Å². The second kappa shape index (κ2) is 3.88. The van der Waals surface area contributed by atoms with Gasteiger partial charge >= 0.3 is 6.36 Å². The van der Waals surface area contributed by atoms with Crippen LogP contribution in [0.25, 0.3) is 4.85 Å². The topological polar surface area (TPSA) is 13.6 Å². The average Bonchev–Trinajstić information content (AvgIpc) is 2.01. The van der Waals surface area contributed by atoms with Gasteiger partial charge in [-0.15, -0.1) is 13.2 Å².